The molecule has 2 atom stereocenters. The average molecular weight is 277 g/mol. The van der Waals surface area contributed by atoms with Crippen molar-refractivity contribution in [3.8, 4) is 11.5 Å². The lowest BCUT2D eigenvalue weighted by molar-refractivity contribution is 0.119. The van der Waals surface area contributed by atoms with E-state index in [-0.39, 0.29) is 12.1 Å². The standard InChI is InChI=1S/C16H23NO3/c1-12(17-11-14-6-4-5-9-20-14)15-8-7-13(18-2)10-16(15)19-3/h5,7-10,12,14,17H,4,6,11H2,1-3H3/t12-,14+/m1/s1. The monoisotopic (exact) mass is 277 g/mol. The summed E-state index contributed by atoms with van der Waals surface area (Å²) in [4.78, 5) is 0. The van der Waals surface area contributed by atoms with Crippen molar-refractivity contribution in [2.75, 3.05) is 20.8 Å². The first-order valence-electron chi connectivity index (χ1n) is 7.00. The lowest BCUT2D eigenvalue weighted by atomic mass is 10.1. The molecule has 110 valence electrons. The summed E-state index contributed by atoms with van der Waals surface area (Å²) < 4.78 is 16.2. The van der Waals surface area contributed by atoms with Crippen LogP contribution < -0.4 is 14.8 Å². The number of methoxy groups -OCH3 is 2. The van der Waals surface area contributed by atoms with Gasteiger partial charge in [-0.15, -0.1) is 0 Å². The molecule has 1 aromatic carbocycles. The van der Waals surface area contributed by atoms with Gasteiger partial charge in [0.25, 0.3) is 0 Å². The van der Waals surface area contributed by atoms with Gasteiger partial charge in [-0.1, -0.05) is 6.07 Å². The Morgan fingerprint density at radius 1 is 1.35 bits per heavy atom. The van der Waals surface area contributed by atoms with Crippen molar-refractivity contribution in [3.05, 3.63) is 36.1 Å². The molecule has 1 heterocycles. The number of hydrogen-bond donors (Lipinski definition) is 1. The summed E-state index contributed by atoms with van der Waals surface area (Å²) in [5.41, 5.74) is 1.12. The molecule has 0 aliphatic carbocycles. The molecular weight excluding hydrogens is 254 g/mol. The summed E-state index contributed by atoms with van der Waals surface area (Å²) in [5, 5.41) is 3.50. The predicted octanol–water partition coefficient (Wildman–Crippen LogP) is 3.05. The summed E-state index contributed by atoms with van der Waals surface area (Å²) in [7, 11) is 3.34. The van der Waals surface area contributed by atoms with Crippen LogP contribution in [0.25, 0.3) is 0 Å². The highest BCUT2D eigenvalue weighted by Crippen LogP contribution is 2.29. The van der Waals surface area contributed by atoms with E-state index >= 15 is 0 Å². The van der Waals surface area contributed by atoms with Crippen LogP contribution in [0.1, 0.15) is 31.4 Å². The second kappa shape index (κ2) is 7.20. The Bertz CT molecular complexity index is 459. The highest BCUT2D eigenvalue weighted by atomic mass is 16.5. The summed E-state index contributed by atoms with van der Waals surface area (Å²) in [6.45, 7) is 2.96. The van der Waals surface area contributed by atoms with Crippen LogP contribution in [0.3, 0.4) is 0 Å². The summed E-state index contributed by atoms with van der Waals surface area (Å²) >= 11 is 0. The van der Waals surface area contributed by atoms with Gasteiger partial charge in [-0.05, 0) is 31.9 Å². The first kappa shape index (κ1) is 14.7. The van der Waals surface area contributed by atoms with E-state index in [1.54, 1.807) is 20.5 Å². The molecule has 0 amide bonds. The Hall–Kier alpha value is -1.68. The van der Waals surface area contributed by atoms with E-state index in [9.17, 15) is 0 Å². The molecule has 0 saturated heterocycles. The maximum atomic E-state index is 5.56. The molecule has 20 heavy (non-hydrogen) atoms. The molecule has 1 aliphatic heterocycles. The van der Waals surface area contributed by atoms with Crippen molar-refractivity contribution in [2.45, 2.75) is 31.9 Å². The van der Waals surface area contributed by atoms with Crippen LogP contribution in [-0.2, 0) is 4.74 Å². The van der Waals surface area contributed by atoms with Crippen LogP contribution in [0, 0.1) is 0 Å². The molecule has 1 N–H and O–H groups in total. The van der Waals surface area contributed by atoms with E-state index in [2.05, 4.69) is 18.3 Å². The Labute approximate surface area is 120 Å². The van der Waals surface area contributed by atoms with Crippen LogP contribution in [0.2, 0.25) is 0 Å². The Kier molecular flexibility index (Phi) is 5.30. The van der Waals surface area contributed by atoms with E-state index in [1.807, 2.05) is 18.2 Å². The fourth-order valence-corrected chi connectivity index (χ4v) is 2.33. The first-order valence-corrected chi connectivity index (χ1v) is 7.00. The Morgan fingerprint density at radius 3 is 2.85 bits per heavy atom. The third-order valence-corrected chi connectivity index (χ3v) is 3.58. The van der Waals surface area contributed by atoms with Gasteiger partial charge in [-0.3, -0.25) is 0 Å². The lowest BCUT2D eigenvalue weighted by Crippen LogP contribution is -2.31. The smallest absolute Gasteiger partial charge is 0.127 e. The lowest BCUT2D eigenvalue weighted by Gasteiger charge is -2.23. The van der Waals surface area contributed by atoms with Gasteiger partial charge < -0.3 is 19.5 Å². The van der Waals surface area contributed by atoms with Crippen molar-refractivity contribution in [2.24, 2.45) is 0 Å². The molecule has 0 fully saturated rings. The highest BCUT2D eigenvalue weighted by molar-refractivity contribution is 5.42. The second-order valence-electron chi connectivity index (χ2n) is 4.95. The van der Waals surface area contributed by atoms with Crippen molar-refractivity contribution < 1.29 is 14.2 Å². The summed E-state index contributed by atoms with van der Waals surface area (Å²) in [5.74, 6) is 1.65. The van der Waals surface area contributed by atoms with Gasteiger partial charge in [-0.25, -0.2) is 0 Å². The molecule has 0 bridgehead atoms. The molecule has 2 rings (SSSR count). The van der Waals surface area contributed by atoms with Crippen LogP contribution >= 0.6 is 0 Å². The molecule has 0 spiro atoms. The minimum atomic E-state index is 0.199. The quantitative estimate of drug-likeness (QED) is 0.867. The third kappa shape index (κ3) is 3.67. The van der Waals surface area contributed by atoms with Crippen LogP contribution in [0.4, 0.5) is 0 Å². The third-order valence-electron chi connectivity index (χ3n) is 3.58. The number of ether oxygens (including phenoxy) is 3. The fraction of sp³-hybridized carbons (Fsp3) is 0.500. The number of hydrogen-bond acceptors (Lipinski definition) is 4. The summed E-state index contributed by atoms with van der Waals surface area (Å²) in [6, 6.07) is 6.10. The molecule has 4 heteroatoms. The number of benzene rings is 1. The SMILES string of the molecule is COc1ccc([C@@H](C)NC[C@@H]2CCC=CO2)c(OC)c1. The number of rotatable bonds is 6. The second-order valence-corrected chi connectivity index (χ2v) is 4.95. The number of allylic oxidation sites excluding steroid dienone is 1. The zero-order chi connectivity index (χ0) is 14.4. The van der Waals surface area contributed by atoms with E-state index in [0.29, 0.717) is 0 Å². The van der Waals surface area contributed by atoms with Gasteiger partial charge in [0.15, 0.2) is 0 Å². The Morgan fingerprint density at radius 2 is 2.20 bits per heavy atom. The zero-order valence-corrected chi connectivity index (χ0v) is 12.4. The molecule has 4 nitrogen and oxygen atoms in total. The van der Waals surface area contributed by atoms with E-state index in [0.717, 1.165) is 36.4 Å². The van der Waals surface area contributed by atoms with Crippen LogP contribution in [0.15, 0.2) is 30.5 Å². The van der Waals surface area contributed by atoms with E-state index in [1.165, 1.54) is 0 Å². The topological polar surface area (TPSA) is 39.7 Å². The first-order chi connectivity index (χ1) is 9.74. The van der Waals surface area contributed by atoms with Gasteiger partial charge in [-0.2, -0.15) is 0 Å². The van der Waals surface area contributed by atoms with Gasteiger partial charge in [0, 0.05) is 24.2 Å². The molecule has 1 aromatic rings. The molecule has 0 unspecified atom stereocenters. The zero-order valence-electron chi connectivity index (χ0n) is 12.4. The van der Waals surface area contributed by atoms with Gasteiger partial charge in [0.05, 0.1) is 20.5 Å². The van der Waals surface area contributed by atoms with E-state index < -0.39 is 0 Å². The average Bonchev–Trinajstić information content (AvgIpc) is 2.52. The molecule has 0 aromatic heterocycles. The minimum absolute atomic E-state index is 0.199. The van der Waals surface area contributed by atoms with Crippen molar-refractivity contribution in [1.29, 1.82) is 0 Å². The maximum absolute atomic E-state index is 5.56. The van der Waals surface area contributed by atoms with Gasteiger partial charge in [0.2, 0.25) is 0 Å². The van der Waals surface area contributed by atoms with Gasteiger partial charge >= 0.3 is 0 Å². The van der Waals surface area contributed by atoms with Gasteiger partial charge in [0.1, 0.15) is 17.6 Å². The highest BCUT2D eigenvalue weighted by Gasteiger charge is 2.16. The normalized spacial score (nSPS) is 19.2. The van der Waals surface area contributed by atoms with Crippen molar-refractivity contribution in [3.63, 3.8) is 0 Å². The van der Waals surface area contributed by atoms with Crippen molar-refractivity contribution >= 4 is 0 Å². The van der Waals surface area contributed by atoms with Crippen molar-refractivity contribution in [1.82, 2.24) is 5.32 Å². The Balaban J connectivity index is 1.97. The minimum Gasteiger partial charge on any atom is -0.497 e. The van der Waals surface area contributed by atoms with Crippen LogP contribution in [-0.4, -0.2) is 26.9 Å². The number of nitrogens with one attached hydrogen (secondary N) is 1. The molecule has 0 saturated carbocycles. The molecule has 1 aliphatic rings. The summed E-state index contributed by atoms with van der Waals surface area (Å²) in [6.07, 6.45) is 6.27. The largest absolute Gasteiger partial charge is 0.497 e. The molecule has 0 radical (unpaired) electrons. The molecular formula is C16H23NO3. The predicted molar refractivity (Wildman–Crippen MR) is 79.2 cm³/mol. The fourth-order valence-electron chi connectivity index (χ4n) is 2.33. The van der Waals surface area contributed by atoms with E-state index in [4.69, 9.17) is 14.2 Å². The van der Waals surface area contributed by atoms with Crippen LogP contribution in [0.5, 0.6) is 11.5 Å². The maximum Gasteiger partial charge on any atom is 0.127 e.